The van der Waals surface area contributed by atoms with Crippen LogP contribution in [-0.4, -0.2) is 167 Å². The second-order valence-corrected chi connectivity index (χ2v) is 21.5. The zero-order chi connectivity index (χ0) is 62.4. The number of esters is 1. The van der Waals surface area contributed by atoms with Gasteiger partial charge in [-0.2, -0.15) is 0 Å². The molecule has 26 nitrogen and oxygen atoms in total. The lowest BCUT2D eigenvalue weighted by Gasteiger charge is -2.31. The monoisotopic (exact) mass is 1170 g/mol. The third kappa shape index (κ3) is 19.8. The summed E-state index contributed by atoms with van der Waals surface area (Å²) >= 11 is 0. The number of ether oxygens (including phenoxy) is 2. The van der Waals surface area contributed by atoms with Gasteiger partial charge in [0.1, 0.15) is 49.5 Å². The average molecular weight is 1170 g/mol. The van der Waals surface area contributed by atoms with Crippen LogP contribution < -0.4 is 54.8 Å². The molecule has 0 saturated carbocycles. The van der Waals surface area contributed by atoms with Crippen molar-refractivity contribution in [3.05, 3.63) is 95.6 Å². The molecular formula is C58H84N12O14. The van der Waals surface area contributed by atoms with E-state index in [9.17, 15) is 58.5 Å². The minimum absolute atomic E-state index is 0.0393. The van der Waals surface area contributed by atoms with Crippen LogP contribution in [-0.2, 0) is 54.4 Å². The highest BCUT2D eigenvalue weighted by molar-refractivity contribution is 6.04. The smallest absolute Gasteiger partial charge is 0.407 e. The number of fused-ring (bicyclic) bond motifs is 3. The van der Waals surface area contributed by atoms with Crippen LogP contribution in [0.15, 0.2) is 83.9 Å². The summed E-state index contributed by atoms with van der Waals surface area (Å²) < 4.78 is 10.9. The summed E-state index contributed by atoms with van der Waals surface area (Å²) in [5.41, 5.74) is 27.7. The molecule has 4 rings (SSSR count). The van der Waals surface area contributed by atoms with Crippen molar-refractivity contribution in [1.29, 1.82) is 0 Å². The Morgan fingerprint density at radius 2 is 1.26 bits per heavy atom. The summed E-state index contributed by atoms with van der Waals surface area (Å²) in [5.74, 6) is -10.2. The molecule has 0 saturated heterocycles. The second-order valence-electron chi connectivity index (χ2n) is 21.5. The number of aliphatic hydroxyl groups is 3. The number of amides is 8. The molecule has 1 aliphatic rings. The number of alkyl carbamates (subject to hydrolysis) is 1. The first kappa shape index (κ1) is 68.5. The molecule has 0 spiro atoms. The number of imide groups is 1. The van der Waals surface area contributed by atoms with Crippen molar-refractivity contribution >= 4 is 59.4 Å². The third-order valence-electron chi connectivity index (χ3n) is 14.2. The Balaban J connectivity index is 1.51. The number of nitrogens with two attached hydrogens (primary N) is 4. The van der Waals surface area contributed by atoms with Crippen LogP contribution in [0.3, 0.4) is 0 Å². The van der Waals surface area contributed by atoms with E-state index in [1.54, 1.807) is 71.9 Å². The predicted octanol–water partition coefficient (Wildman–Crippen LogP) is -0.762. The number of aliphatic imine (C=N–C) groups is 1. The van der Waals surface area contributed by atoms with Crippen molar-refractivity contribution in [3.8, 4) is 11.1 Å². The van der Waals surface area contributed by atoms with Gasteiger partial charge in [0, 0.05) is 19.0 Å². The molecule has 1 aliphatic carbocycles. The van der Waals surface area contributed by atoms with E-state index < -0.39 is 134 Å². The van der Waals surface area contributed by atoms with Crippen molar-refractivity contribution in [2.75, 3.05) is 32.8 Å². The maximum atomic E-state index is 14.2. The maximum absolute atomic E-state index is 14.2. The molecule has 8 amide bonds. The number of benzene rings is 3. The van der Waals surface area contributed by atoms with E-state index in [0.717, 1.165) is 29.2 Å². The zero-order valence-corrected chi connectivity index (χ0v) is 48.6. The molecule has 3 aromatic rings. The lowest BCUT2D eigenvalue weighted by atomic mass is 9.96. The van der Waals surface area contributed by atoms with Gasteiger partial charge in [0.15, 0.2) is 12.0 Å². The van der Waals surface area contributed by atoms with Crippen molar-refractivity contribution < 1.29 is 67.9 Å². The Hall–Kier alpha value is -8.04. The van der Waals surface area contributed by atoms with E-state index in [4.69, 9.17) is 32.4 Å². The molecule has 0 fully saturated rings. The molecule has 26 heteroatoms. The van der Waals surface area contributed by atoms with Gasteiger partial charge in [-0.15, -0.1) is 0 Å². The van der Waals surface area contributed by atoms with E-state index in [2.05, 4.69) is 36.9 Å². The van der Waals surface area contributed by atoms with Crippen molar-refractivity contribution in [2.24, 2.45) is 45.7 Å². The summed E-state index contributed by atoms with van der Waals surface area (Å²) in [6, 6.07) is 12.7. The number of nitrogens with one attached hydrogen (secondary N) is 6. The number of rotatable bonds is 32. The van der Waals surface area contributed by atoms with Crippen LogP contribution in [0.5, 0.6) is 0 Å². The van der Waals surface area contributed by atoms with E-state index in [0.29, 0.717) is 10.5 Å². The lowest BCUT2D eigenvalue weighted by Crippen LogP contribution is -2.62. The third-order valence-corrected chi connectivity index (χ3v) is 14.2. The summed E-state index contributed by atoms with van der Waals surface area (Å²) in [7, 11) is 0. The van der Waals surface area contributed by atoms with E-state index in [1.165, 1.54) is 0 Å². The maximum Gasteiger partial charge on any atom is 0.407 e. The lowest BCUT2D eigenvalue weighted by molar-refractivity contribution is -0.164. The van der Waals surface area contributed by atoms with Crippen molar-refractivity contribution in [2.45, 2.75) is 141 Å². The molecule has 3 aromatic carbocycles. The van der Waals surface area contributed by atoms with E-state index >= 15 is 0 Å². The zero-order valence-electron chi connectivity index (χ0n) is 48.6. The van der Waals surface area contributed by atoms with Crippen LogP contribution in [0.1, 0.15) is 96.8 Å². The van der Waals surface area contributed by atoms with E-state index in [1.807, 2.05) is 48.5 Å². The second kappa shape index (κ2) is 33.3. The van der Waals surface area contributed by atoms with Gasteiger partial charge in [-0.25, -0.2) is 9.59 Å². The Bertz CT molecular complexity index is 2720. The van der Waals surface area contributed by atoms with Gasteiger partial charge in [0.2, 0.25) is 41.4 Å². The summed E-state index contributed by atoms with van der Waals surface area (Å²) in [6.07, 6.45) is -3.41. The highest BCUT2D eigenvalue weighted by Crippen LogP contribution is 2.44. The summed E-state index contributed by atoms with van der Waals surface area (Å²) in [4.78, 5) is 129. The van der Waals surface area contributed by atoms with Crippen molar-refractivity contribution in [3.63, 3.8) is 0 Å². The summed E-state index contributed by atoms with van der Waals surface area (Å²) in [5, 5.41) is 46.8. The summed E-state index contributed by atoms with van der Waals surface area (Å²) in [6.45, 7) is 8.14. The molecule has 17 N–H and O–H groups in total. The highest BCUT2D eigenvalue weighted by atomic mass is 16.5. The highest BCUT2D eigenvalue weighted by Gasteiger charge is 2.40. The molecule has 0 unspecified atom stereocenters. The standard InChI is InChI=1S/C58H84N12O14/c1-8-33(6)47(68-50(75)42(23-16-24-63-57(61)62)66-51(76)43(25-31(2)3)67-52(77)46(60)49(74)32(4)5)54(79)69-48(34(7)72)53(78)64-27-45(73)70(44(28-71)56(81)83-29-35-17-10-9-11-18-35)55(80)41(59)26-65-58(82)84-30-40-38-21-14-12-19-36(38)37-20-13-15-22-39(37)40/h9-15,17-22,31-34,40-44,46-49,71-72,74H,8,16,23-30,59-60H2,1-7H3,(H,64,78)(H,65,82)(H,66,76)(H,67,77)(H,68,75)(H,69,79)(H4,61,62,63)/t33-,34-,41-,42+,43-,44-,46-,47-,48-,49+/m0/s1. The topological polar surface area (TPSA) is 425 Å². The van der Waals surface area contributed by atoms with Gasteiger partial charge >= 0.3 is 12.1 Å². The largest absolute Gasteiger partial charge is 0.459 e. The quantitative estimate of drug-likeness (QED) is 0.0158. The van der Waals surface area contributed by atoms with Gasteiger partial charge in [-0.05, 0) is 71.8 Å². The molecule has 460 valence electrons. The molecular weight excluding hydrogens is 1090 g/mol. The fourth-order valence-corrected chi connectivity index (χ4v) is 9.19. The SMILES string of the molecule is CC[C@H](C)[C@H](NC(=O)[C@@H](CCCN=C(N)N)NC(=O)[C@H](CC(C)C)NC(=O)[C@@H](N)[C@H](O)C(C)C)C(=O)N[C@H](C(=O)NCC(=O)N(C(=O)[C@@H](N)CNC(=O)OCC1c2ccccc2-c2ccccc21)[C@@H](CO)C(=O)OCc1ccccc1)[C@H](C)O. The first-order valence-electron chi connectivity index (χ1n) is 28.0. The average Bonchev–Trinajstić information content (AvgIpc) is 3.97. The normalized spacial score (nSPS) is 15.4. The minimum Gasteiger partial charge on any atom is -0.459 e. The van der Waals surface area contributed by atoms with Crippen LogP contribution in [0.4, 0.5) is 4.79 Å². The van der Waals surface area contributed by atoms with Gasteiger partial charge < -0.3 is 79.6 Å². The predicted molar refractivity (Wildman–Crippen MR) is 310 cm³/mol. The number of hydrogen-bond acceptors (Lipinski definition) is 17. The van der Waals surface area contributed by atoms with Crippen LogP contribution in [0, 0.1) is 17.8 Å². The van der Waals surface area contributed by atoms with Gasteiger partial charge in [0.05, 0.1) is 25.4 Å². The molecule has 0 heterocycles. The number of nitrogens with zero attached hydrogens (tertiary/aromatic N) is 2. The minimum atomic E-state index is -2.03. The van der Waals surface area contributed by atoms with Crippen LogP contribution >= 0.6 is 0 Å². The molecule has 10 atom stereocenters. The Morgan fingerprint density at radius 3 is 1.82 bits per heavy atom. The van der Waals surface area contributed by atoms with Gasteiger partial charge in [-0.1, -0.05) is 127 Å². The number of carbonyl (C=O) groups excluding carboxylic acids is 9. The fourth-order valence-electron chi connectivity index (χ4n) is 9.19. The van der Waals surface area contributed by atoms with Gasteiger partial charge in [-0.3, -0.25) is 43.5 Å². The van der Waals surface area contributed by atoms with E-state index in [-0.39, 0.29) is 69.2 Å². The number of aliphatic hydroxyl groups excluding tert-OH is 3. The molecule has 84 heavy (non-hydrogen) atoms. The number of carbonyl (C=O) groups is 9. The number of hydrogen-bond donors (Lipinski definition) is 13. The van der Waals surface area contributed by atoms with Gasteiger partial charge in [0.25, 0.3) is 0 Å². The molecule has 0 bridgehead atoms. The first-order chi connectivity index (χ1) is 39.8. The van der Waals surface area contributed by atoms with Crippen LogP contribution in [0.25, 0.3) is 11.1 Å². The first-order valence-corrected chi connectivity index (χ1v) is 28.0. The fraction of sp³-hybridized carbons (Fsp3) is 0.517. The van der Waals surface area contributed by atoms with Crippen LogP contribution in [0.2, 0.25) is 0 Å². The Morgan fingerprint density at radius 1 is 0.690 bits per heavy atom. The number of guanidine groups is 1. The van der Waals surface area contributed by atoms with Crippen molar-refractivity contribution in [1.82, 2.24) is 36.8 Å². The Labute approximate surface area is 489 Å². The molecule has 0 radical (unpaired) electrons. The Kier molecular flexibility index (Phi) is 27.1. The molecule has 0 aliphatic heterocycles. The molecule has 0 aromatic heterocycles.